The van der Waals surface area contributed by atoms with Gasteiger partial charge >= 0.3 is 0 Å². The average Bonchev–Trinajstić information content (AvgIpc) is 2.34. The summed E-state index contributed by atoms with van der Waals surface area (Å²) in [7, 11) is 3.00. The Morgan fingerprint density at radius 1 is 1.53 bits per heavy atom. The van der Waals surface area contributed by atoms with Crippen molar-refractivity contribution >= 4 is 5.91 Å². The molecule has 4 nitrogen and oxygen atoms in total. The number of hydrogen-bond donors (Lipinski definition) is 1. The predicted octanol–water partition coefficient (Wildman–Crippen LogP) is 1.83. The molecular formula is C13H19NO3. The fraction of sp³-hybridized carbons (Fsp3) is 0.462. The summed E-state index contributed by atoms with van der Waals surface area (Å²) < 4.78 is 0. The first-order valence-corrected chi connectivity index (χ1v) is 5.60. The Morgan fingerprint density at radius 2 is 2.24 bits per heavy atom. The molecular weight excluding hydrogens is 218 g/mol. The zero-order chi connectivity index (χ0) is 12.8. The lowest BCUT2D eigenvalue weighted by Gasteiger charge is -2.15. The van der Waals surface area contributed by atoms with Gasteiger partial charge in [0.05, 0.1) is 13.2 Å². The van der Waals surface area contributed by atoms with Crippen LogP contribution in [0.15, 0.2) is 24.3 Å². The first-order valence-electron chi connectivity index (χ1n) is 5.60. The summed E-state index contributed by atoms with van der Waals surface area (Å²) in [5.74, 6) is -0.140. The standard InChI is InChI=1S/C13H19NO3/c1-10-5-4-6-11(9-10)12(15)7-8-13(16)14(2)17-3/h4-6,9,12,15H,7-8H2,1-3H3. The Labute approximate surface area is 102 Å². The molecule has 0 aliphatic carbocycles. The topological polar surface area (TPSA) is 49.8 Å². The third kappa shape index (κ3) is 4.17. The van der Waals surface area contributed by atoms with Crippen molar-refractivity contribution in [1.82, 2.24) is 5.06 Å². The molecule has 1 rings (SSSR count). The minimum atomic E-state index is -0.607. The van der Waals surface area contributed by atoms with E-state index in [0.29, 0.717) is 6.42 Å². The van der Waals surface area contributed by atoms with E-state index in [1.54, 1.807) is 7.05 Å². The molecule has 0 bridgehead atoms. The molecule has 0 aliphatic heterocycles. The molecule has 0 saturated heterocycles. The van der Waals surface area contributed by atoms with Gasteiger partial charge in [0.1, 0.15) is 0 Å². The molecule has 1 amide bonds. The van der Waals surface area contributed by atoms with Gasteiger partial charge in [-0.25, -0.2) is 5.06 Å². The molecule has 0 radical (unpaired) electrons. The number of benzene rings is 1. The van der Waals surface area contributed by atoms with E-state index in [1.807, 2.05) is 31.2 Å². The van der Waals surface area contributed by atoms with Crippen LogP contribution >= 0.6 is 0 Å². The zero-order valence-corrected chi connectivity index (χ0v) is 10.5. The van der Waals surface area contributed by atoms with E-state index in [0.717, 1.165) is 11.1 Å². The van der Waals surface area contributed by atoms with Crippen LogP contribution in [0.2, 0.25) is 0 Å². The van der Waals surface area contributed by atoms with Crippen LogP contribution in [0.25, 0.3) is 0 Å². The Kier molecular flexibility index (Phi) is 5.12. The van der Waals surface area contributed by atoms with Gasteiger partial charge in [-0.1, -0.05) is 29.8 Å². The molecule has 0 fully saturated rings. The molecule has 1 aromatic carbocycles. The molecule has 4 heteroatoms. The molecule has 17 heavy (non-hydrogen) atoms. The van der Waals surface area contributed by atoms with Gasteiger partial charge in [0.2, 0.25) is 5.91 Å². The van der Waals surface area contributed by atoms with Gasteiger partial charge in [-0.05, 0) is 18.9 Å². The van der Waals surface area contributed by atoms with E-state index in [1.165, 1.54) is 12.2 Å². The maximum atomic E-state index is 11.5. The fourth-order valence-electron chi connectivity index (χ4n) is 1.56. The van der Waals surface area contributed by atoms with E-state index in [4.69, 9.17) is 4.84 Å². The number of aliphatic hydroxyl groups is 1. The lowest BCUT2D eigenvalue weighted by molar-refractivity contribution is -0.169. The molecule has 94 valence electrons. The highest BCUT2D eigenvalue weighted by molar-refractivity contribution is 5.74. The van der Waals surface area contributed by atoms with Gasteiger partial charge in [-0.2, -0.15) is 0 Å². The van der Waals surface area contributed by atoms with Crippen LogP contribution in [0.5, 0.6) is 0 Å². The van der Waals surface area contributed by atoms with Crippen molar-refractivity contribution in [3.05, 3.63) is 35.4 Å². The highest BCUT2D eigenvalue weighted by atomic mass is 16.7. The van der Waals surface area contributed by atoms with Crippen LogP contribution in [0.1, 0.15) is 30.1 Å². The molecule has 1 N–H and O–H groups in total. The van der Waals surface area contributed by atoms with Gasteiger partial charge in [0.15, 0.2) is 0 Å². The summed E-state index contributed by atoms with van der Waals surface area (Å²) in [5.41, 5.74) is 1.94. The molecule has 0 aliphatic rings. The van der Waals surface area contributed by atoms with Crippen molar-refractivity contribution in [3.63, 3.8) is 0 Å². The third-order valence-corrected chi connectivity index (χ3v) is 2.68. The van der Waals surface area contributed by atoms with Gasteiger partial charge in [-0.3, -0.25) is 9.63 Å². The Hall–Kier alpha value is -1.39. The number of nitrogens with zero attached hydrogens (tertiary/aromatic N) is 1. The van der Waals surface area contributed by atoms with E-state index >= 15 is 0 Å². The zero-order valence-electron chi connectivity index (χ0n) is 10.5. The predicted molar refractivity (Wildman–Crippen MR) is 65.2 cm³/mol. The van der Waals surface area contributed by atoms with Crippen molar-refractivity contribution in [3.8, 4) is 0 Å². The SMILES string of the molecule is CON(C)C(=O)CCC(O)c1cccc(C)c1. The second kappa shape index (κ2) is 6.37. The molecule has 0 saturated carbocycles. The number of aryl methyl sites for hydroxylation is 1. The Morgan fingerprint density at radius 3 is 2.82 bits per heavy atom. The second-order valence-electron chi connectivity index (χ2n) is 4.04. The van der Waals surface area contributed by atoms with Crippen LogP contribution in [-0.2, 0) is 9.63 Å². The van der Waals surface area contributed by atoms with Crippen molar-refractivity contribution in [2.24, 2.45) is 0 Å². The van der Waals surface area contributed by atoms with Crippen LogP contribution in [0.4, 0.5) is 0 Å². The number of carbonyl (C=O) groups excluding carboxylic acids is 1. The molecule has 0 heterocycles. The third-order valence-electron chi connectivity index (χ3n) is 2.68. The summed E-state index contributed by atoms with van der Waals surface area (Å²) in [4.78, 5) is 16.2. The van der Waals surface area contributed by atoms with Crippen LogP contribution < -0.4 is 0 Å². The first-order chi connectivity index (χ1) is 8.04. The molecule has 1 atom stereocenters. The smallest absolute Gasteiger partial charge is 0.245 e. The van der Waals surface area contributed by atoms with Crippen LogP contribution in [0.3, 0.4) is 0 Å². The number of rotatable bonds is 5. The number of aliphatic hydroxyl groups excluding tert-OH is 1. The number of carbonyl (C=O) groups is 1. The maximum absolute atomic E-state index is 11.5. The number of hydroxylamine groups is 2. The first kappa shape index (κ1) is 13.7. The molecule has 1 unspecified atom stereocenters. The summed E-state index contributed by atoms with van der Waals surface area (Å²) >= 11 is 0. The Balaban J connectivity index is 2.50. The van der Waals surface area contributed by atoms with Gasteiger partial charge < -0.3 is 5.11 Å². The number of amides is 1. The van der Waals surface area contributed by atoms with E-state index in [9.17, 15) is 9.90 Å². The minimum Gasteiger partial charge on any atom is -0.388 e. The van der Waals surface area contributed by atoms with Crippen molar-refractivity contribution in [2.45, 2.75) is 25.9 Å². The van der Waals surface area contributed by atoms with Gasteiger partial charge in [0, 0.05) is 13.5 Å². The van der Waals surface area contributed by atoms with Crippen LogP contribution in [0, 0.1) is 6.92 Å². The Bertz CT molecular complexity index is 379. The van der Waals surface area contributed by atoms with Crippen molar-refractivity contribution in [2.75, 3.05) is 14.2 Å². The summed E-state index contributed by atoms with van der Waals surface area (Å²) in [5, 5.41) is 11.1. The second-order valence-corrected chi connectivity index (χ2v) is 4.04. The lowest BCUT2D eigenvalue weighted by Crippen LogP contribution is -2.25. The largest absolute Gasteiger partial charge is 0.388 e. The minimum absolute atomic E-state index is 0.140. The molecule has 0 aromatic heterocycles. The van der Waals surface area contributed by atoms with Gasteiger partial charge in [0.25, 0.3) is 0 Å². The highest BCUT2D eigenvalue weighted by Crippen LogP contribution is 2.19. The fourth-order valence-corrected chi connectivity index (χ4v) is 1.56. The molecule has 0 spiro atoms. The van der Waals surface area contributed by atoms with E-state index in [2.05, 4.69) is 0 Å². The quantitative estimate of drug-likeness (QED) is 0.795. The van der Waals surface area contributed by atoms with E-state index < -0.39 is 6.10 Å². The van der Waals surface area contributed by atoms with Crippen LogP contribution in [-0.4, -0.2) is 30.2 Å². The number of hydrogen-bond acceptors (Lipinski definition) is 3. The monoisotopic (exact) mass is 237 g/mol. The van der Waals surface area contributed by atoms with Crippen molar-refractivity contribution < 1.29 is 14.7 Å². The summed E-state index contributed by atoms with van der Waals surface area (Å²) in [6, 6.07) is 7.66. The average molecular weight is 237 g/mol. The highest BCUT2D eigenvalue weighted by Gasteiger charge is 2.13. The molecule has 1 aromatic rings. The van der Waals surface area contributed by atoms with Crippen molar-refractivity contribution in [1.29, 1.82) is 0 Å². The van der Waals surface area contributed by atoms with Gasteiger partial charge in [-0.15, -0.1) is 0 Å². The normalized spacial score (nSPS) is 12.2. The maximum Gasteiger partial charge on any atom is 0.245 e. The van der Waals surface area contributed by atoms with E-state index in [-0.39, 0.29) is 12.3 Å². The lowest BCUT2D eigenvalue weighted by atomic mass is 10.0. The summed E-state index contributed by atoms with van der Waals surface area (Å²) in [6.07, 6.45) is 0.0548. The summed E-state index contributed by atoms with van der Waals surface area (Å²) in [6.45, 7) is 1.97.